The van der Waals surface area contributed by atoms with Crippen molar-refractivity contribution in [3.8, 4) is 17.0 Å². The van der Waals surface area contributed by atoms with Crippen LogP contribution in [0, 0.1) is 0 Å². The zero-order valence-corrected chi connectivity index (χ0v) is 19.9. The first-order valence-corrected chi connectivity index (χ1v) is 11.7. The molecule has 1 amide bonds. The fourth-order valence-corrected chi connectivity index (χ4v) is 4.33. The van der Waals surface area contributed by atoms with Gasteiger partial charge in [-0.2, -0.15) is 0 Å². The van der Waals surface area contributed by atoms with Gasteiger partial charge in [0.05, 0.1) is 29.3 Å². The quantitative estimate of drug-likeness (QED) is 0.354. The van der Waals surface area contributed by atoms with Crippen LogP contribution in [-0.4, -0.2) is 64.5 Å². The number of benzene rings is 2. The molecule has 0 fully saturated rings. The number of carbonyl (C=O) groups excluding carboxylic acids is 1. The maximum Gasteiger partial charge on any atom is 0.251 e. The van der Waals surface area contributed by atoms with Crippen LogP contribution in [0.15, 0.2) is 48.7 Å². The van der Waals surface area contributed by atoms with E-state index >= 15 is 0 Å². The standard InChI is InChI=1S/C26H29N7O2/c1-33(2)11-3-9-28-25(34)17-5-7-23-18(12-17)13-19(15-35-23)24-30-21-6-4-16(14-22(21)31-24)20-8-10-29-26(27)32-20/h4-8,10,12,14,19H,3,9,11,13,15H2,1-2H3,(H,28,34)(H,30,31)(H2,27,29,32). The van der Waals surface area contributed by atoms with E-state index in [1.165, 1.54) is 0 Å². The zero-order valence-electron chi connectivity index (χ0n) is 19.9. The number of fused-ring (bicyclic) bond motifs is 2. The van der Waals surface area contributed by atoms with Gasteiger partial charge in [0.1, 0.15) is 11.6 Å². The number of aromatic amines is 1. The molecule has 0 radical (unpaired) electrons. The van der Waals surface area contributed by atoms with Crippen molar-refractivity contribution < 1.29 is 9.53 Å². The average molecular weight is 472 g/mol. The van der Waals surface area contributed by atoms with Crippen LogP contribution in [0.5, 0.6) is 5.75 Å². The molecule has 4 aromatic rings. The molecular weight excluding hydrogens is 442 g/mol. The number of nitrogens with zero attached hydrogens (tertiary/aromatic N) is 4. The fraction of sp³-hybridized carbons (Fsp3) is 0.308. The van der Waals surface area contributed by atoms with Crippen LogP contribution in [0.25, 0.3) is 22.3 Å². The lowest BCUT2D eigenvalue weighted by Gasteiger charge is -2.24. The SMILES string of the molecule is CN(C)CCCNC(=O)c1ccc2c(c1)CC(c1nc3ccc(-c4ccnc(N)n4)cc3[nH]1)CO2. The summed E-state index contributed by atoms with van der Waals surface area (Å²) in [5.74, 6) is 1.93. The summed E-state index contributed by atoms with van der Waals surface area (Å²) in [5, 5.41) is 3.00. The van der Waals surface area contributed by atoms with E-state index in [-0.39, 0.29) is 17.8 Å². The Bertz CT molecular complexity index is 1370. The minimum Gasteiger partial charge on any atom is -0.493 e. The molecule has 9 nitrogen and oxygen atoms in total. The van der Waals surface area contributed by atoms with E-state index in [1.807, 2.05) is 56.6 Å². The number of hydrogen-bond acceptors (Lipinski definition) is 7. The number of ether oxygens (including phenoxy) is 1. The van der Waals surface area contributed by atoms with Crippen LogP contribution in [0.1, 0.15) is 34.1 Å². The van der Waals surface area contributed by atoms with Crippen LogP contribution in [0.3, 0.4) is 0 Å². The van der Waals surface area contributed by atoms with E-state index in [0.717, 1.165) is 58.8 Å². The van der Waals surface area contributed by atoms with Gasteiger partial charge < -0.3 is 25.7 Å². The molecule has 1 unspecified atom stereocenters. The van der Waals surface area contributed by atoms with Gasteiger partial charge in [-0.15, -0.1) is 0 Å². The number of carbonyl (C=O) groups is 1. The molecule has 0 spiro atoms. The Morgan fingerprint density at radius 3 is 2.91 bits per heavy atom. The van der Waals surface area contributed by atoms with Gasteiger partial charge in [0, 0.05) is 23.9 Å². The van der Waals surface area contributed by atoms with Gasteiger partial charge in [-0.05, 0) is 75.4 Å². The Kier molecular flexibility index (Phi) is 6.33. The first kappa shape index (κ1) is 22.8. The highest BCUT2D eigenvalue weighted by Gasteiger charge is 2.25. The third kappa shape index (κ3) is 5.09. The Balaban J connectivity index is 1.31. The molecule has 3 heterocycles. The maximum atomic E-state index is 12.6. The fourth-order valence-electron chi connectivity index (χ4n) is 4.33. The second kappa shape index (κ2) is 9.71. The molecule has 9 heteroatoms. The van der Waals surface area contributed by atoms with Crippen molar-refractivity contribution in [1.82, 2.24) is 30.2 Å². The van der Waals surface area contributed by atoms with E-state index in [0.29, 0.717) is 18.7 Å². The molecule has 0 saturated heterocycles. The second-order valence-electron chi connectivity index (χ2n) is 9.10. The number of nitrogen functional groups attached to an aromatic ring is 1. The number of aromatic nitrogens is 4. The number of imidazole rings is 1. The summed E-state index contributed by atoms with van der Waals surface area (Å²) < 4.78 is 6.02. The van der Waals surface area contributed by atoms with Crippen molar-refractivity contribution >= 4 is 22.9 Å². The highest BCUT2D eigenvalue weighted by atomic mass is 16.5. The lowest BCUT2D eigenvalue weighted by Crippen LogP contribution is -2.27. The molecule has 0 aliphatic carbocycles. The molecule has 0 saturated carbocycles. The van der Waals surface area contributed by atoms with Gasteiger partial charge >= 0.3 is 0 Å². The van der Waals surface area contributed by atoms with Crippen LogP contribution >= 0.6 is 0 Å². The van der Waals surface area contributed by atoms with Gasteiger partial charge in [-0.1, -0.05) is 6.07 Å². The minimum atomic E-state index is -0.0599. The Hall–Kier alpha value is -3.98. The van der Waals surface area contributed by atoms with Crippen LogP contribution < -0.4 is 15.8 Å². The zero-order chi connectivity index (χ0) is 24.4. The van der Waals surface area contributed by atoms with Gasteiger partial charge in [0.2, 0.25) is 5.95 Å². The lowest BCUT2D eigenvalue weighted by molar-refractivity contribution is 0.0952. The summed E-state index contributed by atoms with van der Waals surface area (Å²) in [7, 11) is 4.05. The molecule has 35 heavy (non-hydrogen) atoms. The lowest BCUT2D eigenvalue weighted by atomic mass is 9.94. The molecule has 1 aliphatic rings. The largest absolute Gasteiger partial charge is 0.493 e. The van der Waals surface area contributed by atoms with Crippen molar-refractivity contribution in [2.45, 2.75) is 18.8 Å². The highest BCUT2D eigenvalue weighted by Crippen LogP contribution is 2.33. The summed E-state index contributed by atoms with van der Waals surface area (Å²) in [6.07, 6.45) is 3.30. The summed E-state index contributed by atoms with van der Waals surface area (Å²) >= 11 is 0. The van der Waals surface area contributed by atoms with Crippen LogP contribution in [-0.2, 0) is 6.42 Å². The number of amides is 1. The summed E-state index contributed by atoms with van der Waals surface area (Å²) in [5.41, 5.74) is 10.9. The maximum absolute atomic E-state index is 12.6. The Morgan fingerprint density at radius 1 is 1.20 bits per heavy atom. The van der Waals surface area contributed by atoms with Gasteiger partial charge in [0.25, 0.3) is 5.91 Å². The van der Waals surface area contributed by atoms with Crippen molar-refractivity contribution in [1.29, 1.82) is 0 Å². The predicted molar refractivity (Wildman–Crippen MR) is 135 cm³/mol. The molecule has 5 rings (SSSR count). The monoisotopic (exact) mass is 471 g/mol. The van der Waals surface area contributed by atoms with E-state index in [2.05, 4.69) is 25.2 Å². The van der Waals surface area contributed by atoms with Crippen LogP contribution in [0.4, 0.5) is 5.95 Å². The first-order chi connectivity index (χ1) is 17.0. The molecule has 0 bridgehead atoms. The molecule has 1 atom stereocenters. The second-order valence-corrected chi connectivity index (χ2v) is 9.10. The van der Waals surface area contributed by atoms with Crippen molar-refractivity contribution in [2.75, 3.05) is 39.5 Å². The molecular formula is C26H29N7O2. The molecule has 180 valence electrons. The molecule has 2 aromatic carbocycles. The van der Waals surface area contributed by atoms with Gasteiger partial charge in [-0.3, -0.25) is 4.79 Å². The number of hydrogen-bond donors (Lipinski definition) is 3. The first-order valence-electron chi connectivity index (χ1n) is 11.7. The van der Waals surface area contributed by atoms with Crippen molar-refractivity contribution in [3.63, 3.8) is 0 Å². The van der Waals surface area contributed by atoms with Crippen molar-refractivity contribution in [3.05, 3.63) is 65.6 Å². The highest BCUT2D eigenvalue weighted by molar-refractivity contribution is 5.94. The summed E-state index contributed by atoms with van der Waals surface area (Å²) in [6, 6.07) is 13.4. The third-order valence-electron chi connectivity index (χ3n) is 6.15. The summed E-state index contributed by atoms with van der Waals surface area (Å²) in [6.45, 7) is 2.11. The number of H-pyrrole nitrogens is 1. The number of rotatable bonds is 7. The number of anilines is 1. The van der Waals surface area contributed by atoms with Gasteiger partial charge in [0.15, 0.2) is 0 Å². The molecule has 2 aromatic heterocycles. The third-order valence-corrected chi connectivity index (χ3v) is 6.15. The predicted octanol–water partition coefficient (Wildman–Crippen LogP) is 3.00. The van der Waals surface area contributed by atoms with E-state index in [4.69, 9.17) is 15.5 Å². The average Bonchev–Trinajstić information content (AvgIpc) is 3.29. The number of nitrogens with two attached hydrogens (primary N) is 1. The van der Waals surface area contributed by atoms with E-state index in [9.17, 15) is 4.79 Å². The topological polar surface area (TPSA) is 122 Å². The molecule has 1 aliphatic heterocycles. The van der Waals surface area contributed by atoms with Crippen LogP contribution in [0.2, 0.25) is 0 Å². The molecule has 4 N–H and O–H groups in total. The van der Waals surface area contributed by atoms with Gasteiger partial charge in [-0.25, -0.2) is 15.0 Å². The normalized spacial score (nSPS) is 15.1. The minimum absolute atomic E-state index is 0.0599. The van der Waals surface area contributed by atoms with E-state index in [1.54, 1.807) is 6.20 Å². The van der Waals surface area contributed by atoms with E-state index < -0.39 is 0 Å². The summed E-state index contributed by atoms with van der Waals surface area (Å²) in [4.78, 5) is 31.2. The Morgan fingerprint density at radius 2 is 2.09 bits per heavy atom. The number of nitrogens with one attached hydrogen (secondary N) is 2. The smallest absolute Gasteiger partial charge is 0.251 e. The van der Waals surface area contributed by atoms with Crippen molar-refractivity contribution in [2.24, 2.45) is 0 Å². The Labute approximate surface area is 203 Å².